The van der Waals surface area contributed by atoms with Crippen molar-refractivity contribution in [3.63, 3.8) is 0 Å². The lowest BCUT2D eigenvalue weighted by atomic mass is 9.91. The highest BCUT2D eigenvalue weighted by Crippen LogP contribution is 2.64. The molecule has 152 valence electrons. The van der Waals surface area contributed by atoms with Crippen LogP contribution in [0.3, 0.4) is 0 Å². The van der Waals surface area contributed by atoms with Gasteiger partial charge in [0.25, 0.3) is 0 Å². The summed E-state index contributed by atoms with van der Waals surface area (Å²) in [5, 5.41) is 8.90. The number of likely N-dealkylation sites (tertiary alicyclic amines) is 1. The molecule has 29 heavy (non-hydrogen) atoms. The van der Waals surface area contributed by atoms with Crippen molar-refractivity contribution in [3.8, 4) is 11.4 Å². The molecule has 1 aliphatic heterocycles. The van der Waals surface area contributed by atoms with Gasteiger partial charge in [-0.2, -0.15) is 9.97 Å². The standard InChI is InChI=1S/C21H24ClN5O2/c1-13(2)18-23-17(28-25-18)12-27-8-6-21(7-9-27)11-16(21)20-24-19(26-29-20)14-4-3-5-15(22)10-14/h3-5,10,13,16H,6-9,11-12H2,1-2H3/t16-/m0/s1. The molecule has 7 nitrogen and oxygen atoms in total. The Labute approximate surface area is 174 Å². The summed E-state index contributed by atoms with van der Waals surface area (Å²) in [5.74, 6) is 3.51. The zero-order valence-corrected chi connectivity index (χ0v) is 17.4. The van der Waals surface area contributed by atoms with Crippen molar-refractivity contribution >= 4 is 11.6 Å². The number of hydrogen-bond acceptors (Lipinski definition) is 7. The quantitative estimate of drug-likeness (QED) is 0.601. The minimum Gasteiger partial charge on any atom is -0.339 e. The molecule has 0 unspecified atom stereocenters. The maximum atomic E-state index is 6.08. The lowest BCUT2D eigenvalue weighted by molar-refractivity contribution is 0.144. The van der Waals surface area contributed by atoms with Crippen molar-refractivity contribution in [1.29, 1.82) is 0 Å². The minimum absolute atomic E-state index is 0.288. The van der Waals surface area contributed by atoms with Gasteiger partial charge in [0.15, 0.2) is 5.82 Å². The van der Waals surface area contributed by atoms with E-state index in [1.54, 1.807) is 0 Å². The first-order chi connectivity index (χ1) is 14.0. The third kappa shape index (κ3) is 3.69. The van der Waals surface area contributed by atoms with Gasteiger partial charge in [-0.15, -0.1) is 0 Å². The molecule has 1 saturated carbocycles. The SMILES string of the molecule is CC(C)c1noc(CN2CCC3(CC2)C[C@H]3c2nc(-c3cccc(Cl)c3)no2)n1. The third-order valence-electron chi connectivity index (χ3n) is 6.22. The third-order valence-corrected chi connectivity index (χ3v) is 6.46. The number of piperidine rings is 1. The normalized spacial score (nSPS) is 21.2. The van der Waals surface area contributed by atoms with Crippen molar-refractivity contribution in [2.45, 2.75) is 51.5 Å². The Morgan fingerprint density at radius 3 is 2.72 bits per heavy atom. The molecule has 1 aromatic carbocycles. The monoisotopic (exact) mass is 413 g/mol. The van der Waals surface area contributed by atoms with Gasteiger partial charge in [0, 0.05) is 22.4 Å². The maximum absolute atomic E-state index is 6.08. The number of hydrogen-bond donors (Lipinski definition) is 0. The van der Waals surface area contributed by atoms with E-state index in [4.69, 9.17) is 20.6 Å². The molecule has 0 radical (unpaired) electrons. The first kappa shape index (κ1) is 18.8. The zero-order valence-electron chi connectivity index (χ0n) is 16.6. The summed E-state index contributed by atoms with van der Waals surface area (Å²) < 4.78 is 11.0. The van der Waals surface area contributed by atoms with Gasteiger partial charge >= 0.3 is 0 Å². The average molecular weight is 414 g/mol. The first-order valence-electron chi connectivity index (χ1n) is 10.2. The highest BCUT2D eigenvalue weighted by atomic mass is 35.5. The van der Waals surface area contributed by atoms with E-state index in [0.717, 1.165) is 56.2 Å². The van der Waals surface area contributed by atoms with Gasteiger partial charge < -0.3 is 9.05 Å². The molecule has 0 bridgehead atoms. The summed E-state index contributed by atoms with van der Waals surface area (Å²) in [7, 11) is 0. The van der Waals surface area contributed by atoms with Gasteiger partial charge in [-0.05, 0) is 49.9 Å². The van der Waals surface area contributed by atoms with Crippen LogP contribution in [-0.2, 0) is 6.54 Å². The number of aromatic nitrogens is 4. The van der Waals surface area contributed by atoms with Crippen molar-refractivity contribution in [2.24, 2.45) is 5.41 Å². The van der Waals surface area contributed by atoms with Crippen LogP contribution in [0.2, 0.25) is 5.02 Å². The summed E-state index contributed by atoms with van der Waals surface area (Å²) in [6.45, 7) is 6.90. The van der Waals surface area contributed by atoms with Crippen molar-refractivity contribution in [1.82, 2.24) is 25.2 Å². The van der Waals surface area contributed by atoms with Crippen LogP contribution in [-0.4, -0.2) is 38.3 Å². The van der Waals surface area contributed by atoms with Gasteiger partial charge in [-0.25, -0.2) is 0 Å². The Balaban J connectivity index is 1.20. The Bertz CT molecular complexity index is 1010. The van der Waals surface area contributed by atoms with E-state index in [9.17, 15) is 0 Å². The van der Waals surface area contributed by atoms with E-state index in [1.807, 2.05) is 24.3 Å². The number of halogens is 1. The van der Waals surface area contributed by atoms with E-state index in [1.165, 1.54) is 0 Å². The van der Waals surface area contributed by atoms with Crippen LogP contribution in [0.1, 0.15) is 62.6 Å². The molecule has 0 amide bonds. The molecule has 8 heteroatoms. The van der Waals surface area contributed by atoms with Gasteiger partial charge in [0.05, 0.1) is 6.54 Å². The fourth-order valence-electron chi connectivity index (χ4n) is 4.29. The molecule has 2 aromatic heterocycles. The summed E-state index contributed by atoms with van der Waals surface area (Å²) in [5.41, 5.74) is 1.18. The molecule has 1 spiro atoms. The maximum Gasteiger partial charge on any atom is 0.240 e. The zero-order chi connectivity index (χ0) is 20.0. The fraction of sp³-hybridized carbons (Fsp3) is 0.524. The van der Waals surface area contributed by atoms with Crippen molar-refractivity contribution < 1.29 is 9.05 Å². The van der Waals surface area contributed by atoms with Crippen LogP contribution in [0.5, 0.6) is 0 Å². The smallest absolute Gasteiger partial charge is 0.240 e. The molecule has 1 atom stereocenters. The molecule has 3 heterocycles. The van der Waals surface area contributed by atoms with E-state index in [2.05, 4.69) is 39.0 Å². The molecule has 3 aromatic rings. The molecule has 5 rings (SSSR count). The second-order valence-corrected chi connectivity index (χ2v) is 9.00. The molecule has 2 fully saturated rings. The van der Waals surface area contributed by atoms with Crippen LogP contribution in [0.25, 0.3) is 11.4 Å². The molecular formula is C21H24ClN5O2. The molecular weight excluding hydrogens is 390 g/mol. The minimum atomic E-state index is 0.288. The van der Waals surface area contributed by atoms with Crippen molar-refractivity contribution in [3.05, 3.63) is 46.9 Å². The first-order valence-corrected chi connectivity index (χ1v) is 10.5. The van der Waals surface area contributed by atoms with Gasteiger partial charge in [-0.3, -0.25) is 4.90 Å². The van der Waals surface area contributed by atoms with E-state index < -0.39 is 0 Å². The Hall–Kier alpha value is -2.25. The number of nitrogens with zero attached hydrogens (tertiary/aromatic N) is 5. The molecule has 1 saturated heterocycles. The molecule has 0 N–H and O–H groups in total. The van der Waals surface area contributed by atoms with Crippen LogP contribution in [0.15, 0.2) is 33.3 Å². The van der Waals surface area contributed by atoms with Crippen LogP contribution in [0, 0.1) is 5.41 Å². The van der Waals surface area contributed by atoms with Crippen LogP contribution >= 0.6 is 11.6 Å². The van der Waals surface area contributed by atoms with E-state index in [-0.39, 0.29) is 5.92 Å². The molecule has 1 aliphatic carbocycles. The topological polar surface area (TPSA) is 81.1 Å². The van der Waals surface area contributed by atoms with E-state index >= 15 is 0 Å². The van der Waals surface area contributed by atoms with Crippen LogP contribution in [0.4, 0.5) is 0 Å². The highest BCUT2D eigenvalue weighted by Gasteiger charge is 2.58. The number of benzene rings is 1. The van der Waals surface area contributed by atoms with Gasteiger partial charge in [-0.1, -0.05) is 47.9 Å². The summed E-state index contributed by atoms with van der Waals surface area (Å²) in [4.78, 5) is 11.5. The largest absolute Gasteiger partial charge is 0.339 e. The predicted octanol–water partition coefficient (Wildman–Crippen LogP) is 4.67. The Morgan fingerprint density at radius 2 is 2.00 bits per heavy atom. The lowest BCUT2D eigenvalue weighted by Gasteiger charge is -2.31. The van der Waals surface area contributed by atoms with Crippen molar-refractivity contribution in [2.75, 3.05) is 13.1 Å². The second kappa shape index (κ2) is 7.22. The second-order valence-electron chi connectivity index (χ2n) is 8.56. The van der Waals surface area contributed by atoms with Gasteiger partial charge in [0.1, 0.15) is 0 Å². The summed E-state index contributed by atoms with van der Waals surface area (Å²) in [6.07, 6.45) is 3.37. The Morgan fingerprint density at radius 1 is 1.17 bits per heavy atom. The average Bonchev–Trinajstić information content (AvgIpc) is 3.08. The van der Waals surface area contributed by atoms with Gasteiger partial charge in [0.2, 0.25) is 17.6 Å². The summed E-state index contributed by atoms with van der Waals surface area (Å²) >= 11 is 6.08. The fourth-order valence-corrected chi connectivity index (χ4v) is 4.48. The van der Waals surface area contributed by atoms with E-state index in [0.29, 0.717) is 28.1 Å². The Kier molecular flexibility index (Phi) is 4.67. The lowest BCUT2D eigenvalue weighted by Crippen LogP contribution is -2.34. The number of rotatable bonds is 5. The highest BCUT2D eigenvalue weighted by molar-refractivity contribution is 6.30. The summed E-state index contributed by atoms with van der Waals surface area (Å²) in [6, 6.07) is 7.55. The molecule has 2 aliphatic rings. The predicted molar refractivity (Wildman–Crippen MR) is 107 cm³/mol. The van der Waals surface area contributed by atoms with Crippen LogP contribution < -0.4 is 0 Å².